The van der Waals surface area contributed by atoms with E-state index in [0.29, 0.717) is 10.6 Å². The number of ether oxygens (including phenoxy) is 2. The number of carbonyl (C=O) groups is 1. The summed E-state index contributed by atoms with van der Waals surface area (Å²) >= 11 is 1.29. The minimum absolute atomic E-state index is 0.148. The Bertz CT molecular complexity index is 548. The van der Waals surface area contributed by atoms with E-state index in [1.165, 1.54) is 11.3 Å². The summed E-state index contributed by atoms with van der Waals surface area (Å²) < 4.78 is 10.4. The molecular formula is C12H13NO3S. The van der Waals surface area contributed by atoms with Crippen LogP contribution in [0.25, 0.3) is 10.2 Å². The van der Waals surface area contributed by atoms with Crippen molar-refractivity contribution in [3.8, 4) is 5.75 Å². The van der Waals surface area contributed by atoms with Crippen molar-refractivity contribution in [1.29, 1.82) is 0 Å². The summed E-state index contributed by atoms with van der Waals surface area (Å²) in [6, 6.07) is 3.69. The van der Waals surface area contributed by atoms with E-state index >= 15 is 0 Å². The van der Waals surface area contributed by atoms with E-state index in [1.807, 2.05) is 26.0 Å². The third-order valence-corrected chi connectivity index (χ3v) is 3.23. The van der Waals surface area contributed by atoms with Crippen LogP contribution in [0.3, 0.4) is 0 Å². The van der Waals surface area contributed by atoms with Crippen LogP contribution in [-0.2, 0) is 4.74 Å². The monoisotopic (exact) mass is 251 g/mol. The lowest BCUT2D eigenvalue weighted by atomic mass is 10.3. The third kappa shape index (κ3) is 2.24. The van der Waals surface area contributed by atoms with Gasteiger partial charge in [-0.3, -0.25) is 0 Å². The molecule has 0 fully saturated rings. The first-order chi connectivity index (χ1) is 8.13. The van der Waals surface area contributed by atoms with Crippen LogP contribution < -0.4 is 4.74 Å². The summed E-state index contributed by atoms with van der Waals surface area (Å²) in [4.78, 5) is 17.3. The van der Waals surface area contributed by atoms with Gasteiger partial charge in [0.2, 0.25) is 0 Å². The van der Waals surface area contributed by atoms with Crippen LogP contribution in [0.15, 0.2) is 18.3 Å². The van der Waals surface area contributed by atoms with Gasteiger partial charge in [0.05, 0.1) is 18.6 Å². The smallest absolute Gasteiger partial charge is 0.352 e. The Morgan fingerprint density at radius 2 is 2.24 bits per heavy atom. The molecule has 0 bridgehead atoms. The zero-order chi connectivity index (χ0) is 12.4. The fourth-order valence-corrected chi connectivity index (χ4v) is 2.51. The lowest BCUT2D eigenvalue weighted by molar-refractivity contribution is 0.0381. The van der Waals surface area contributed by atoms with Gasteiger partial charge in [0, 0.05) is 6.20 Å². The van der Waals surface area contributed by atoms with Crippen LogP contribution >= 0.6 is 11.3 Å². The van der Waals surface area contributed by atoms with Crippen molar-refractivity contribution < 1.29 is 14.3 Å². The number of nitrogens with zero attached hydrogens (tertiary/aromatic N) is 1. The molecule has 2 rings (SSSR count). The first kappa shape index (κ1) is 11.9. The van der Waals surface area contributed by atoms with E-state index in [9.17, 15) is 4.79 Å². The van der Waals surface area contributed by atoms with Gasteiger partial charge in [-0.1, -0.05) is 0 Å². The second-order valence-electron chi connectivity index (χ2n) is 3.77. The van der Waals surface area contributed by atoms with E-state index in [1.54, 1.807) is 13.3 Å². The van der Waals surface area contributed by atoms with Crippen LogP contribution in [0.2, 0.25) is 0 Å². The largest absolute Gasteiger partial charge is 0.494 e. The Balaban J connectivity index is 2.49. The van der Waals surface area contributed by atoms with Crippen LogP contribution in [0.1, 0.15) is 23.5 Å². The zero-order valence-corrected chi connectivity index (χ0v) is 10.7. The topological polar surface area (TPSA) is 48.4 Å². The number of hydrogen-bond acceptors (Lipinski definition) is 5. The summed E-state index contributed by atoms with van der Waals surface area (Å²) in [6.07, 6.45) is 1.54. The number of aromatic nitrogens is 1. The molecule has 0 atom stereocenters. The number of rotatable bonds is 3. The van der Waals surface area contributed by atoms with Crippen molar-refractivity contribution in [3.63, 3.8) is 0 Å². The zero-order valence-electron chi connectivity index (χ0n) is 9.89. The van der Waals surface area contributed by atoms with Crippen molar-refractivity contribution in [3.05, 3.63) is 23.2 Å². The van der Waals surface area contributed by atoms with Gasteiger partial charge in [-0.25, -0.2) is 9.78 Å². The average molecular weight is 251 g/mol. The van der Waals surface area contributed by atoms with Crippen LogP contribution in [0.5, 0.6) is 5.75 Å². The fourth-order valence-electron chi connectivity index (χ4n) is 1.51. The highest BCUT2D eigenvalue weighted by Gasteiger charge is 2.21. The molecule has 0 saturated carbocycles. The molecule has 0 aliphatic heterocycles. The van der Waals surface area contributed by atoms with Gasteiger partial charge in [-0.15, -0.1) is 11.3 Å². The molecule has 2 heterocycles. The van der Waals surface area contributed by atoms with Gasteiger partial charge >= 0.3 is 5.97 Å². The Labute approximate surface area is 103 Å². The first-order valence-corrected chi connectivity index (χ1v) is 6.07. The number of thiophene rings is 1. The Morgan fingerprint density at radius 1 is 1.47 bits per heavy atom. The maximum atomic E-state index is 11.9. The molecule has 0 aliphatic carbocycles. The van der Waals surface area contributed by atoms with Gasteiger partial charge in [0.25, 0.3) is 0 Å². The number of carbonyl (C=O) groups excluding carboxylic acids is 1. The van der Waals surface area contributed by atoms with E-state index in [4.69, 9.17) is 9.47 Å². The van der Waals surface area contributed by atoms with E-state index in [0.717, 1.165) is 10.2 Å². The van der Waals surface area contributed by atoms with Gasteiger partial charge in [-0.05, 0) is 26.0 Å². The molecule has 0 aliphatic rings. The highest BCUT2D eigenvalue weighted by atomic mass is 32.1. The van der Waals surface area contributed by atoms with E-state index < -0.39 is 0 Å². The number of esters is 1. The molecular weight excluding hydrogens is 238 g/mol. The van der Waals surface area contributed by atoms with Crippen molar-refractivity contribution >= 4 is 27.5 Å². The van der Waals surface area contributed by atoms with Crippen molar-refractivity contribution in [2.24, 2.45) is 0 Å². The predicted octanol–water partition coefficient (Wildman–Crippen LogP) is 2.87. The highest BCUT2D eigenvalue weighted by molar-refractivity contribution is 7.20. The lowest BCUT2D eigenvalue weighted by Gasteiger charge is -2.07. The summed E-state index contributed by atoms with van der Waals surface area (Å²) in [7, 11) is 1.54. The first-order valence-electron chi connectivity index (χ1n) is 5.26. The third-order valence-electron chi connectivity index (χ3n) is 2.15. The van der Waals surface area contributed by atoms with Gasteiger partial charge in [0.15, 0.2) is 10.6 Å². The predicted molar refractivity (Wildman–Crippen MR) is 66.7 cm³/mol. The molecule has 0 amide bonds. The standard InChI is InChI=1S/C12H13NO3S/c1-7(2)16-12(14)10-9(15-3)8-5-4-6-13-11(8)17-10/h4-7H,1-3H3. The van der Waals surface area contributed by atoms with E-state index in [-0.39, 0.29) is 12.1 Å². The van der Waals surface area contributed by atoms with Crippen molar-refractivity contribution in [1.82, 2.24) is 4.98 Å². The van der Waals surface area contributed by atoms with Gasteiger partial charge < -0.3 is 9.47 Å². The molecule has 90 valence electrons. The molecule has 0 spiro atoms. The molecule has 0 saturated heterocycles. The fraction of sp³-hybridized carbons (Fsp3) is 0.333. The summed E-state index contributed by atoms with van der Waals surface area (Å²) in [5, 5.41) is 0.843. The number of methoxy groups -OCH3 is 1. The highest BCUT2D eigenvalue weighted by Crippen LogP contribution is 2.36. The number of pyridine rings is 1. The number of fused-ring (bicyclic) bond motifs is 1. The van der Waals surface area contributed by atoms with Crippen molar-refractivity contribution in [2.45, 2.75) is 20.0 Å². The molecule has 0 N–H and O–H groups in total. The molecule has 2 aromatic heterocycles. The second kappa shape index (κ2) is 4.71. The molecule has 0 aromatic carbocycles. The minimum atomic E-state index is -0.361. The summed E-state index contributed by atoms with van der Waals surface area (Å²) in [5.41, 5.74) is 0. The molecule has 2 aromatic rings. The average Bonchev–Trinajstić information content (AvgIpc) is 2.66. The molecule has 0 radical (unpaired) electrons. The quantitative estimate of drug-likeness (QED) is 0.787. The summed E-state index contributed by atoms with van der Waals surface area (Å²) in [6.45, 7) is 3.63. The molecule has 4 nitrogen and oxygen atoms in total. The summed E-state index contributed by atoms with van der Waals surface area (Å²) in [5.74, 6) is 0.184. The van der Waals surface area contributed by atoms with Gasteiger partial charge in [-0.2, -0.15) is 0 Å². The number of hydrogen-bond donors (Lipinski definition) is 0. The SMILES string of the molecule is COc1c(C(=O)OC(C)C)sc2ncccc12. The minimum Gasteiger partial charge on any atom is -0.494 e. The Morgan fingerprint density at radius 3 is 2.88 bits per heavy atom. The molecule has 17 heavy (non-hydrogen) atoms. The normalized spacial score (nSPS) is 10.8. The molecule has 0 unspecified atom stereocenters. The van der Waals surface area contributed by atoms with Crippen molar-refractivity contribution in [2.75, 3.05) is 7.11 Å². The van der Waals surface area contributed by atoms with E-state index in [2.05, 4.69) is 4.98 Å². The lowest BCUT2D eigenvalue weighted by Crippen LogP contribution is -2.10. The van der Waals surface area contributed by atoms with Gasteiger partial charge in [0.1, 0.15) is 4.83 Å². The van der Waals surface area contributed by atoms with Crippen LogP contribution in [-0.4, -0.2) is 24.2 Å². The molecule has 5 heteroatoms. The maximum Gasteiger partial charge on any atom is 0.352 e. The van der Waals surface area contributed by atoms with Crippen LogP contribution in [0, 0.1) is 0 Å². The Kier molecular flexibility index (Phi) is 3.28. The Hall–Kier alpha value is -1.62. The maximum absolute atomic E-state index is 11.9. The second-order valence-corrected chi connectivity index (χ2v) is 4.77. The van der Waals surface area contributed by atoms with Crippen LogP contribution in [0.4, 0.5) is 0 Å².